The van der Waals surface area contributed by atoms with Crippen molar-refractivity contribution in [2.75, 3.05) is 0 Å². The summed E-state index contributed by atoms with van der Waals surface area (Å²) >= 11 is 13.5. The lowest BCUT2D eigenvalue weighted by Gasteiger charge is -1.97. The minimum Gasteiger partial charge on any atom is -0.266 e. The number of rotatable bonds is 3. The molecular formula is C16H10Cl2N2OS. The summed E-state index contributed by atoms with van der Waals surface area (Å²) in [6, 6.07) is 14.8. The van der Waals surface area contributed by atoms with Crippen molar-refractivity contribution in [3.8, 4) is 0 Å². The molecule has 0 saturated heterocycles. The number of hydrogen-bond acceptors (Lipinski definition) is 3. The summed E-state index contributed by atoms with van der Waals surface area (Å²) in [5, 5.41) is 5.88. The van der Waals surface area contributed by atoms with Crippen molar-refractivity contribution in [2.24, 2.45) is 5.10 Å². The first-order valence-electron chi connectivity index (χ1n) is 6.41. The van der Waals surface area contributed by atoms with Crippen LogP contribution in [0.15, 0.2) is 53.6 Å². The van der Waals surface area contributed by atoms with Gasteiger partial charge in [0.15, 0.2) is 0 Å². The minimum absolute atomic E-state index is 0.329. The number of benzene rings is 2. The number of nitrogens with one attached hydrogen (secondary N) is 1. The largest absolute Gasteiger partial charge is 0.283 e. The van der Waals surface area contributed by atoms with Gasteiger partial charge in [0, 0.05) is 15.1 Å². The van der Waals surface area contributed by atoms with E-state index in [0.717, 1.165) is 15.6 Å². The number of hydrazone groups is 1. The number of hydrogen-bond donors (Lipinski definition) is 1. The highest BCUT2D eigenvalue weighted by Gasteiger charge is 2.16. The second kappa shape index (κ2) is 6.48. The number of thiophene rings is 1. The summed E-state index contributed by atoms with van der Waals surface area (Å²) in [6.45, 7) is 0. The molecule has 3 rings (SSSR count). The van der Waals surface area contributed by atoms with Crippen LogP contribution < -0.4 is 5.43 Å². The van der Waals surface area contributed by atoms with Gasteiger partial charge in [0.25, 0.3) is 5.91 Å². The Morgan fingerprint density at radius 3 is 2.73 bits per heavy atom. The second-order valence-corrected chi connectivity index (χ2v) is 6.36. The lowest BCUT2D eigenvalue weighted by molar-refractivity contribution is 0.0959. The molecule has 0 aliphatic carbocycles. The van der Waals surface area contributed by atoms with E-state index in [1.807, 2.05) is 36.4 Å². The maximum Gasteiger partial charge on any atom is 0.283 e. The van der Waals surface area contributed by atoms with Crippen molar-refractivity contribution in [1.82, 2.24) is 5.43 Å². The van der Waals surface area contributed by atoms with Crippen LogP contribution in [0.25, 0.3) is 10.1 Å². The summed E-state index contributed by atoms with van der Waals surface area (Å²) < 4.78 is 0.969. The van der Waals surface area contributed by atoms with E-state index in [1.165, 1.54) is 17.6 Å². The summed E-state index contributed by atoms with van der Waals surface area (Å²) in [4.78, 5) is 12.6. The maximum atomic E-state index is 12.2. The number of carbonyl (C=O) groups excluding carboxylic acids is 1. The summed E-state index contributed by atoms with van der Waals surface area (Å²) in [6.07, 6.45) is 1.53. The number of amides is 1. The molecule has 0 fully saturated rings. The van der Waals surface area contributed by atoms with E-state index in [-0.39, 0.29) is 5.91 Å². The van der Waals surface area contributed by atoms with Crippen LogP contribution in [-0.2, 0) is 0 Å². The van der Waals surface area contributed by atoms with Gasteiger partial charge in [0.1, 0.15) is 4.88 Å². The van der Waals surface area contributed by atoms with E-state index in [4.69, 9.17) is 23.2 Å². The molecule has 0 atom stereocenters. The highest BCUT2D eigenvalue weighted by molar-refractivity contribution is 7.21. The first kappa shape index (κ1) is 15.0. The summed E-state index contributed by atoms with van der Waals surface area (Å²) in [5.74, 6) is -0.329. The summed E-state index contributed by atoms with van der Waals surface area (Å²) in [5.41, 5.74) is 3.28. The molecule has 3 aromatic rings. The van der Waals surface area contributed by atoms with Crippen molar-refractivity contribution in [3.05, 3.63) is 69.0 Å². The quantitative estimate of drug-likeness (QED) is 0.526. The molecule has 0 spiro atoms. The van der Waals surface area contributed by atoms with E-state index in [1.54, 1.807) is 12.1 Å². The van der Waals surface area contributed by atoms with E-state index >= 15 is 0 Å². The number of nitrogens with zero attached hydrogens (tertiary/aromatic N) is 1. The van der Waals surface area contributed by atoms with Crippen molar-refractivity contribution in [1.29, 1.82) is 0 Å². The third kappa shape index (κ3) is 3.14. The SMILES string of the molecule is O=C(N/N=C/c1cccc(Cl)c1)c1sc2ccccc2c1Cl. The zero-order chi connectivity index (χ0) is 15.5. The van der Waals surface area contributed by atoms with Crippen LogP contribution in [-0.4, -0.2) is 12.1 Å². The molecule has 0 aliphatic rings. The molecule has 1 heterocycles. The van der Waals surface area contributed by atoms with Crippen LogP contribution in [0.1, 0.15) is 15.2 Å². The van der Waals surface area contributed by atoms with E-state index < -0.39 is 0 Å². The fraction of sp³-hybridized carbons (Fsp3) is 0. The van der Waals surface area contributed by atoms with Crippen molar-refractivity contribution >= 4 is 56.7 Å². The van der Waals surface area contributed by atoms with Crippen molar-refractivity contribution < 1.29 is 4.79 Å². The molecule has 1 aromatic heterocycles. The van der Waals surface area contributed by atoms with Crippen LogP contribution in [0.4, 0.5) is 0 Å². The Balaban J connectivity index is 1.77. The Hall–Kier alpha value is -1.88. The topological polar surface area (TPSA) is 41.5 Å². The molecule has 2 aromatic carbocycles. The standard InChI is InChI=1S/C16H10Cl2N2OS/c17-11-5-3-4-10(8-11)9-19-20-16(21)15-14(18)12-6-1-2-7-13(12)22-15/h1-9H,(H,20,21)/b19-9+. The molecule has 0 radical (unpaired) electrons. The molecule has 0 unspecified atom stereocenters. The average Bonchev–Trinajstić information content (AvgIpc) is 2.85. The molecule has 110 valence electrons. The van der Waals surface area contributed by atoms with Gasteiger partial charge in [-0.3, -0.25) is 4.79 Å². The Morgan fingerprint density at radius 2 is 1.95 bits per heavy atom. The zero-order valence-corrected chi connectivity index (χ0v) is 13.5. The first-order chi connectivity index (χ1) is 10.6. The predicted octanol–water partition coefficient (Wildman–Crippen LogP) is 4.97. The van der Waals surface area contributed by atoms with Crippen LogP contribution in [0.3, 0.4) is 0 Å². The van der Waals surface area contributed by atoms with Gasteiger partial charge in [-0.1, -0.05) is 53.5 Å². The number of halogens is 2. The molecule has 1 amide bonds. The molecule has 6 heteroatoms. The van der Waals surface area contributed by atoms with Crippen molar-refractivity contribution in [3.63, 3.8) is 0 Å². The number of carbonyl (C=O) groups is 1. The van der Waals surface area contributed by atoms with Gasteiger partial charge in [0.05, 0.1) is 11.2 Å². The van der Waals surface area contributed by atoms with E-state index in [0.29, 0.717) is 14.9 Å². The monoisotopic (exact) mass is 348 g/mol. The van der Waals surface area contributed by atoms with Crippen LogP contribution in [0, 0.1) is 0 Å². The van der Waals surface area contributed by atoms with Crippen LogP contribution in [0.2, 0.25) is 10.0 Å². The van der Waals surface area contributed by atoms with Gasteiger partial charge in [-0.15, -0.1) is 11.3 Å². The lowest BCUT2D eigenvalue weighted by atomic mass is 10.2. The predicted molar refractivity (Wildman–Crippen MR) is 93.3 cm³/mol. The maximum absolute atomic E-state index is 12.2. The third-order valence-electron chi connectivity index (χ3n) is 2.97. The molecular weight excluding hydrogens is 339 g/mol. The lowest BCUT2D eigenvalue weighted by Crippen LogP contribution is -2.16. The molecule has 22 heavy (non-hydrogen) atoms. The number of fused-ring (bicyclic) bond motifs is 1. The zero-order valence-electron chi connectivity index (χ0n) is 11.2. The normalized spacial score (nSPS) is 11.2. The van der Waals surface area contributed by atoms with E-state index in [9.17, 15) is 4.79 Å². The fourth-order valence-corrected chi connectivity index (χ4v) is 3.57. The molecule has 3 nitrogen and oxygen atoms in total. The molecule has 0 bridgehead atoms. The molecule has 1 N–H and O–H groups in total. The Kier molecular flexibility index (Phi) is 4.43. The summed E-state index contributed by atoms with van der Waals surface area (Å²) in [7, 11) is 0. The average molecular weight is 349 g/mol. The third-order valence-corrected chi connectivity index (χ3v) is 4.88. The highest BCUT2D eigenvalue weighted by atomic mass is 35.5. The Morgan fingerprint density at radius 1 is 1.14 bits per heavy atom. The first-order valence-corrected chi connectivity index (χ1v) is 7.98. The van der Waals surface area contributed by atoms with Gasteiger partial charge < -0.3 is 0 Å². The van der Waals surface area contributed by atoms with Gasteiger partial charge in [0.2, 0.25) is 0 Å². The van der Waals surface area contributed by atoms with Crippen molar-refractivity contribution in [2.45, 2.75) is 0 Å². The highest BCUT2D eigenvalue weighted by Crippen LogP contribution is 2.34. The smallest absolute Gasteiger partial charge is 0.266 e. The van der Waals surface area contributed by atoms with Gasteiger partial charge in [-0.05, 0) is 23.8 Å². The fourth-order valence-electron chi connectivity index (χ4n) is 1.96. The molecule has 0 aliphatic heterocycles. The van der Waals surface area contributed by atoms with E-state index in [2.05, 4.69) is 10.5 Å². The van der Waals surface area contributed by atoms with Gasteiger partial charge in [-0.2, -0.15) is 5.10 Å². The Labute approximate surface area is 141 Å². The molecule has 0 saturated carbocycles. The van der Waals surface area contributed by atoms with Crippen LogP contribution >= 0.6 is 34.5 Å². The minimum atomic E-state index is -0.329. The second-order valence-electron chi connectivity index (χ2n) is 4.50. The van der Waals surface area contributed by atoms with Crippen LogP contribution in [0.5, 0.6) is 0 Å². The van der Waals surface area contributed by atoms with Gasteiger partial charge in [-0.25, -0.2) is 5.43 Å². The van der Waals surface area contributed by atoms with Gasteiger partial charge >= 0.3 is 0 Å². The Bertz CT molecular complexity index is 873.